The lowest BCUT2D eigenvalue weighted by molar-refractivity contribution is 0.116. The van der Waals surface area contributed by atoms with Gasteiger partial charge in [0.2, 0.25) is 5.89 Å². The summed E-state index contributed by atoms with van der Waals surface area (Å²) in [7, 11) is 1.68. The fourth-order valence-electron chi connectivity index (χ4n) is 2.24. The number of methoxy groups -OCH3 is 1. The molecule has 1 heterocycles. The van der Waals surface area contributed by atoms with Gasteiger partial charge in [0.25, 0.3) is 0 Å². The lowest BCUT2D eigenvalue weighted by atomic mass is 9.67. The summed E-state index contributed by atoms with van der Waals surface area (Å²) in [6.07, 6.45) is 5.24. The van der Waals surface area contributed by atoms with Gasteiger partial charge in [-0.15, -0.1) is 0 Å². The molecule has 1 aromatic heterocycles. The number of ether oxygens (including phenoxy) is 1. The third kappa shape index (κ3) is 2.84. The largest absolute Gasteiger partial charge is 0.381 e. The van der Waals surface area contributed by atoms with Crippen LogP contribution >= 0.6 is 0 Å². The van der Waals surface area contributed by atoms with Crippen molar-refractivity contribution in [1.29, 1.82) is 0 Å². The summed E-state index contributed by atoms with van der Waals surface area (Å²) in [6, 6.07) is 0. The summed E-state index contributed by atoms with van der Waals surface area (Å²) in [4.78, 5) is 4.40. The Labute approximate surface area is 102 Å². The first-order chi connectivity index (χ1) is 8.17. The first-order valence-corrected chi connectivity index (χ1v) is 6.22. The highest BCUT2D eigenvalue weighted by Crippen LogP contribution is 2.42. The molecular weight excluding hydrogens is 218 g/mol. The summed E-state index contributed by atoms with van der Waals surface area (Å²) in [5.41, 5.74) is 6.03. The van der Waals surface area contributed by atoms with Gasteiger partial charge in [0.05, 0.1) is 6.10 Å². The maximum Gasteiger partial charge on any atom is 0.227 e. The van der Waals surface area contributed by atoms with Crippen molar-refractivity contribution in [1.82, 2.24) is 10.1 Å². The molecule has 0 aliphatic heterocycles. The summed E-state index contributed by atoms with van der Waals surface area (Å²) in [5, 5.41) is 3.97. The number of nitrogens with zero attached hydrogens (tertiary/aromatic N) is 2. The molecule has 96 valence electrons. The molecule has 0 aromatic carbocycles. The molecule has 1 unspecified atom stereocenters. The summed E-state index contributed by atoms with van der Waals surface area (Å²) in [6.45, 7) is 2.70. The number of rotatable bonds is 6. The Bertz CT molecular complexity index is 355. The third-order valence-corrected chi connectivity index (χ3v) is 3.76. The highest BCUT2D eigenvalue weighted by atomic mass is 16.5. The highest BCUT2D eigenvalue weighted by Gasteiger charge is 2.37. The van der Waals surface area contributed by atoms with Crippen molar-refractivity contribution in [2.45, 2.75) is 45.1 Å². The van der Waals surface area contributed by atoms with Crippen LogP contribution < -0.4 is 5.73 Å². The van der Waals surface area contributed by atoms with E-state index in [4.69, 9.17) is 15.0 Å². The maximum absolute atomic E-state index is 5.82. The fraction of sp³-hybridized carbons (Fsp3) is 0.833. The van der Waals surface area contributed by atoms with Gasteiger partial charge >= 0.3 is 0 Å². The van der Waals surface area contributed by atoms with Gasteiger partial charge in [0.15, 0.2) is 5.82 Å². The Kier molecular flexibility index (Phi) is 3.79. The number of nitrogens with two attached hydrogens (primary N) is 1. The molecular formula is C12H21N3O2. The second-order valence-electron chi connectivity index (χ2n) is 5.09. The summed E-state index contributed by atoms with van der Waals surface area (Å²) >= 11 is 0. The smallest absolute Gasteiger partial charge is 0.227 e. The van der Waals surface area contributed by atoms with E-state index in [0.29, 0.717) is 18.9 Å². The lowest BCUT2D eigenvalue weighted by Gasteiger charge is -2.39. The molecule has 1 aromatic rings. The van der Waals surface area contributed by atoms with E-state index in [1.807, 2.05) is 6.92 Å². The minimum atomic E-state index is 0.118. The SMILES string of the molecule is COC(C)Cc1noc(CC2(CN)CCC2)n1. The molecule has 1 saturated carbocycles. The second kappa shape index (κ2) is 5.14. The van der Waals surface area contributed by atoms with Gasteiger partial charge in [-0.2, -0.15) is 4.98 Å². The van der Waals surface area contributed by atoms with Crippen LogP contribution in [0.25, 0.3) is 0 Å². The zero-order chi connectivity index (χ0) is 12.3. The van der Waals surface area contributed by atoms with E-state index >= 15 is 0 Å². The average Bonchev–Trinajstić information content (AvgIpc) is 2.71. The summed E-state index contributed by atoms with van der Waals surface area (Å²) in [5.74, 6) is 1.44. The molecule has 2 rings (SSSR count). The monoisotopic (exact) mass is 239 g/mol. The van der Waals surface area contributed by atoms with Crippen LogP contribution in [0.3, 0.4) is 0 Å². The van der Waals surface area contributed by atoms with Crippen LogP contribution in [-0.4, -0.2) is 29.9 Å². The third-order valence-electron chi connectivity index (χ3n) is 3.76. The number of hydrogen-bond acceptors (Lipinski definition) is 5. The Morgan fingerprint density at radius 2 is 2.29 bits per heavy atom. The van der Waals surface area contributed by atoms with Gasteiger partial charge < -0.3 is 15.0 Å². The molecule has 2 N–H and O–H groups in total. The Morgan fingerprint density at radius 3 is 2.82 bits per heavy atom. The van der Waals surface area contributed by atoms with E-state index in [2.05, 4.69) is 10.1 Å². The number of hydrogen-bond donors (Lipinski definition) is 1. The molecule has 5 nitrogen and oxygen atoms in total. The van der Waals surface area contributed by atoms with Gasteiger partial charge in [0, 0.05) is 20.0 Å². The van der Waals surface area contributed by atoms with E-state index < -0.39 is 0 Å². The fourth-order valence-corrected chi connectivity index (χ4v) is 2.24. The molecule has 0 spiro atoms. The molecule has 0 amide bonds. The van der Waals surface area contributed by atoms with Crippen LogP contribution in [-0.2, 0) is 17.6 Å². The van der Waals surface area contributed by atoms with Gasteiger partial charge in [-0.3, -0.25) is 0 Å². The Balaban J connectivity index is 1.94. The van der Waals surface area contributed by atoms with Crippen molar-refractivity contribution in [3.8, 4) is 0 Å². The van der Waals surface area contributed by atoms with Crippen molar-refractivity contribution in [2.75, 3.05) is 13.7 Å². The van der Waals surface area contributed by atoms with Crippen molar-refractivity contribution < 1.29 is 9.26 Å². The standard InChI is InChI=1S/C12H21N3O2/c1-9(16-2)6-10-14-11(17-15-10)7-12(8-13)4-3-5-12/h9H,3-8,13H2,1-2H3. The van der Waals surface area contributed by atoms with E-state index in [9.17, 15) is 0 Å². The topological polar surface area (TPSA) is 74.2 Å². The van der Waals surface area contributed by atoms with Crippen LogP contribution in [0.5, 0.6) is 0 Å². The number of aromatic nitrogens is 2. The van der Waals surface area contributed by atoms with Crippen LogP contribution in [0.15, 0.2) is 4.52 Å². The average molecular weight is 239 g/mol. The van der Waals surface area contributed by atoms with E-state index in [1.54, 1.807) is 7.11 Å². The molecule has 1 aliphatic rings. The molecule has 0 bridgehead atoms. The zero-order valence-corrected chi connectivity index (χ0v) is 10.6. The predicted molar refractivity (Wildman–Crippen MR) is 63.5 cm³/mol. The molecule has 17 heavy (non-hydrogen) atoms. The van der Waals surface area contributed by atoms with Crippen molar-refractivity contribution >= 4 is 0 Å². The Hall–Kier alpha value is -0.940. The first kappa shape index (κ1) is 12.5. The van der Waals surface area contributed by atoms with Gasteiger partial charge in [0.1, 0.15) is 0 Å². The molecule has 1 aliphatic carbocycles. The Morgan fingerprint density at radius 1 is 1.53 bits per heavy atom. The van der Waals surface area contributed by atoms with E-state index in [-0.39, 0.29) is 11.5 Å². The predicted octanol–water partition coefficient (Wildman–Crippen LogP) is 1.32. The molecule has 1 atom stereocenters. The van der Waals surface area contributed by atoms with Crippen LogP contribution in [0.1, 0.15) is 37.9 Å². The second-order valence-corrected chi connectivity index (χ2v) is 5.09. The summed E-state index contributed by atoms with van der Waals surface area (Å²) < 4.78 is 10.4. The van der Waals surface area contributed by atoms with Crippen LogP contribution in [0.4, 0.5) is 0 Å². The molecule has 5 heteroatoms. The van der Waals surface area contributed by atoms with Gasteiger partial charge in [-0.25, -0.2) is 0 Å². The maximum atomic E-state index is 5.82. The van der Waals surface area contributed by atoms with E-state index in [1.165, 1.54) is 19.3 Å². The van der Waals surface area contributed by atoms with Crippen LogP contribution in [0.2, 0.25) is 0 Å². The van der Waals surface area contributed by atoms with Crippen molar-refractivity contribution in [2.24, 2.45) is 11.1 Å². The molecule has 1 fully saturated rings. The normalized spacial score (nSPS) is 19.9. The minimum Gasteiger partial charge on any atom is -0.381 e. The molecule has 0 radical (unpaired) electrons. The van der Waals surface area contributed by atoms with Crippen molar-refractivity contribution in [3.63, 3.8) is 0 Å². The zero-order valence-electron chi connectivity index (χ0n) is 10.6. The highest BCUT2D eigenvalue weighted by molar-refractivity contribution is 4.98. The molecule has 0 saturated heterocycles. The van der Waals surface area contributed by atoms with E-state index in [0.717, 1.165) is 12.2 Å². The van der Waals surface area contributed by atoms with Gasteiger partial charge in [-0.1, -0.05) is 11.6 Å². The quantitative estimate of drug-likeness (QED) is 0.810. The van der Waals surface area contributed by atoms with Gasteiger partial charge in [-0.05, 0) is 31.7 Å². The minimum absolute atomic E-state index is 0.118. The van der Waals surface area contributed by atoms with Crippen LogP contribution in [0, 0.1) is 5.41 Å². The first-order valence-electron chi connectivity index (χ1n) is 6.22. The van der Waals surface area contributed by atoms with Crippen molar-refractivity contribution in [3.05, 3.63) is 11.7 Å². The lowest BCUT2D eigenvalue weighted by Crippen LogP contribution is -2.39.